The van der Waals surface area contributed by atoms with Crippen molar-refractivity contribution in [2.45, 2.75) is 25.6 Å². The first-order valence-corrected chi connectivity index (χ1v) is 12.2. The second-order valence-corrected chi connectivity index (χ2v) is 9.90. The smallest absolute Gasteiger partial charge is 0.255 e. The van der Waals surface area contributed by atoms with E-state index in [1.165, 1.54) is 37.6 Å². The van der Waals surface area contributed by atoms with E-state index in [1.807, 2.05) is 30.3 Å². The molecule has 1 aromatic carbocycles. The van der Waals surface area contributed by atoms with Crippen LogP contribution in [0.15, 0.2) is 60.4 Å². The van der Waals surface area contributed by atoms with Gasteiger partial charge < -0.3 is 15.7 Å². The van der Waals surface area contributed by atoms with Crippen LogP contribution in [0, 0.1) is 11.3 Å². The Balaban J connectivity index is 1.52. The number of halogens is 1. The lowest BCUT2D eigenvalue weighted by Gasteiger charge is -2.22. The molecule has 1 atom stereocenters. The van der Waals surface area contributed by atoms with Crippen molar-refractivity contribution in [3.05, 3.63) is 71.5 Å². The summed E-state index contributed by atoms with van der Waals surface area (Å²) in [5, 5.41) is 29.2. The van der Waals surface area contributed by atoms with Gasteiger partial charge in [-0.15, -0.1) is 11.3 Å². The van der Waals surface area contributed by atoms with Crippen molar-refractivity contribution < 1.29 is 14.3 Å². The van der Waals surface area contributed by atoms with Gasteiger partial charge in [-0.2, -0.15) is 10.4 Å². The van der Waals surface area contributed by atoms with E-state index in [-0.39, 0.29) is 12.1 Å². The molecule has 9 nitrogen and oxygen atoms in total. The van der Waals surface area contributed by atoms with Crippen LogP contribution in [0.5, 0.6) is 0 Å². The number of rotatable bonds is 7. The fraction of sp³-hybridized carbons (Fsp3) is 0.192. The van der Waals surface area contributed by atoms with Crippen molar-refractivity contribution in [2.75, 3.05) is 11.9 Å². The number of anilines is 2. The van der Waals surface area contributed by atoms with Crippen LogP contribution in [-0.4, -0.2) is 48.9 Å². The normalized spacial score (nSPS) is 12.4. The first-order chi connectivity index (χ1) is 17.7. The third-order valence-electron chi connectivity index (χ3n) is 5.86. The highest BCUT2D eigenvalue weighted by molar-refractivity contribution is 7.16. The molecule has 0 radical (unpaired) electrons. The zero-order chi connectivity index (χ0) is 26.2. The average molecular weight is 516 g/mol. The lowest BCUT2D eigenvalue weighted by molar-refractivity contribution is -0.00177. The summed E-state index contributed by atoms with van der Waals surface area (Å²) in [7, 11) is 0. The summed E-state index contributed by atoms with van der Waals surface area (Å²) in [6.07, 6.45) is 1.24. The molecule has 5 rings (SSSR count). The van der Waals surface area contributed by atoms with Gasteiger partial charge in [0.05, 0.1) is 67.8 Å². The molecule has 0 bridgehead atoms. The van der Waals surface area contributed by atoms with Gasteiger partial charge in [0, 0.05) is 11.9 Å². The molecular formula is C26H22FN7O2S. The maximum Gasteiger partial charge on any atom is 0.255 e. The van der Waals surface area contributed by atoms with Crippen LogP contribution in [0.25, 0.3) is 27.1 Å². The minimum atomic E-state index is -1.65. The number of pyridine rings is 1. The zero-order valence-corrected chi connectivity index (χ0v) is 20.8. The topological polar surface area (TPSA) is 128 Å². The Kier molecular flexibility index (Phi) is 6.29. The maximum atomic E-state index is 14.3. The molecule has 0 aliphatic carbocycles. The van der Waals surface area contributed by atoms with Gasteiger partial charge in [0.15, 0.2) is 0 Å². The van der Waals surface area contributed by atoms with Gasteiger partial charge in [-0.05, 0) is 56.3 Å². The molecule has 4 heterocycles. The SMILES string of the molecule is CC(C)(O)C(F)CNC(=O)c1cnc(-c2ccc3cc(C#N)cnn23)cc1Nc1ccc2ncsc2c1. The quantitative estimate of drug-likeness (QED) is 0.292. The number of thiazole rings is 1. The maximum absolute atomic E-state index is 14.3. The molecule has 1 unspecified atom stereocenters. The molecule has 0 saturated carbocycles. The fourth-order valence-electron chi connectivity index (χ4n) is 3.75. The minimum absolute atomic E-state index is 0.205. The Hall–Kier alpha value is -4.40. The fourth-order valence-corrected chi connectivity index (χ4v) is 4.47. The Morgan fingerprint density at radius 3 is 2.84 bits per heavy atom. The number of nitrogens with one attached hydrogen (secondary N) is 2. The van der Waals surface area contributed by atoms with Crippen LogP contribution >= 0.6 is 11.3 Å². The van der Waals surface area contributed by atoms with Gasteiger partial charge in [0.1, 0.15) is 12.2 Å². The summed E-state index contributed by atoms with van der Waals surface area (Å²) in [4.78, 5) is 21.8. The molecule has 0 fully saturated rings. The van der Waals surface area contributed by atoms with Gasteiger partial charge in [-0.1, -0.05) is 0 Å². The molecule has 11 heteroatoms. The van der Waals surface area contributed by atoms with Crippen molar-refractivity contribution >= 4 is 44.4 Å². The van der Waals surface area contributed by atoms with Crippen molar-refractivity contribution in [1.29, 1.82) is 5.26 Å². The summed E-state index contributed by atoms with van der Waals surface area (Å²) < 4.78 is 16.9. The monoisotopic (exact) mass is 515 g/mol. The largest absolute Gasteiger partial charge is 0.387 e. The number of nitriles is 1. The van der Waals surface area contributed by atoms with Crippen LogP contribution in [-0.2, 0) is 0 Å². The summed E-state index contributed by atoms with van der Waals surface area (Å²) in [6, 6.07) is 14.8. The van der Waals surface area contributed by atoms with E-state index in [9.17, 15) is 14.3 Å². The van der Waals surface area contributed by atoms with Crippen molar-refractivity contribution in [2.24, 2.45) is 0 Å². The number of alkyl halides is 1. The van der Waals surface area contributed by atoms with E-state index in [4.69, 9.17) is 5.26 Å². The molecule has 0 spiro atoms. The Morgan fingerprint density at radius 1 is 1.22 bits per heavy atom. The van der Waals surface area contributed by atoms with Crippen molar-refractivity contribution in [3.63, 3.8) is 0 Å². The molecule has 37 heavy (non-hydrogen) atoms. The summed E-state index contributed by atoms with van der Waals surface area (Å²) in [5.74, 6) is -0.538. The molecule has 1 amide bonds. The first kappa shape index (κ1) is 24.3. The van der Waals surface area contributed by atoms with E-state index in [0.717, 1.165) is 21.4 Å². The van der Waals surface area contributed by atoms with E-state index in [1.54, 1.807) is 22.2 Å². The first-order valence-electron chi connectivity index (χ1n) is 11.4. The Bertz CT molecular complexity index is 1670. The number of hydrogen-bond acceptors (Lipinski definition) is 8. The Morgan fingerprint density at radius 2 is 2.05 bits per heavy atom. The second kappa shape index (κ2) is 9.57. The van der Waals surface area contributed by atoms with Gasteiger partial charge in [0.25, 0.3) is 5.91 Å². The van der Waals surface area contributed by atoms with Crippen molar-refractivity contribution in [1.82, 2.24) is 24.9 Å². The minimum Gasteiger partial charge on any atom is -0.387 e. The lowest BCUT2D eigenvalue weighted by atomic mass is 10.0. The molecule has 0 saturated heterocycles. The molecule has 4 aromatic heterocycles. The summed E-state index contributed by atoms with van der Waals surface area (Å²) >= 11 is 1.50. The lowest BCUT2D eigenvalue weighted by Crippen LogP contribution is -2.42. The second-order valence-electron chi connectivity index (χ2n) is 9.02. The number of benzene rings is 1. The predicted octanol–water partition coefficient (Wildman–Crippen LogP) is 4.46. The molecular weight excluding hydrogens is 493 g/mol. The standard InChI is InChI=1S/C26H22FN7O2S/c1-26(2,36)24(27)13-30-25(35)18-12-29-21(22-6-4-17-7-15(10-28)11-32-34(17)22)9-20(18)33-16-3-5-19-23(8-16)37-14-31-19/h3-9,11-12,14,24,36H,13H2,1-2H3,(H,29,33)(H,30,35). The zero-order valence-electron chi connectivity index (χ0n) is 19.9. The average Bonchev–Trinajstić information content (AvgIpc) is 3.52. The summed E-state index contributed by atoms with van der Waals surface area (Å²) in [5.41, 5.74) is 4.80. The number of fused-ring (bicyclic) bond motifs is 2. The third-order valence-corrected chi connectivity index (χ3v) is 6.65. The molecule has 0 aliphatic rings. The van der Waals surface area contributed by atoms with E-state index in [0.29, 0.717) is 22.6 Å². The van der Waals surface area contributed by atoms with Gasteiger partial charge in [-0.3, -0.25) is 9.78 Å². The molecule has 5 aromatic rings. The number of nitrogens with zero attached hydrogens (tertiary/aromatic N) is 5. The number of carbonyl (C=O) groups is 1. The molecule has 0 aliphatic heterocycles. The number of aromatic nitrogens is 4. The van der Waals surface area contributed by atoms with Gasteiger partial charge in [-0.25, -0.2) is 13.9 Å². The van der Waals surface area contributed by atoms with Crippen LogP contribution < -0.4 is 10.6 Å². The molecule has 186 valence electrons. The molecule has 3 N–H and O–H groups in total. The van der Waals surface area contributed by atoms with Crippen LogP contribution in [0.1, 0.15) is 29.8 Å². The van der Waals surface area contributed by atoms with Gasteiger partial charge in [0.2, 0.25) is 0 Å². The van der Waals surface area contributed by atoms with Gasteiger partial charge >= 0.3 is 0 Å². The van der Waals surface area contributed by atoms with Crippen LogP contribution in [0.2, 0.25) is 0 Å². The number of aliphatic hydroxyl groups is 1. The third kappa shape index (κ3) is 4.97. The highest BCUT2D eigenvalue weighted by Crippen LogP contribution is 2.29. The van der Waals surface area contributed by atoms with E-state index >= 15 is 0 Å². The Labute approximate surface area is 215 Å². The number of amides is 1. The van der Waals surface area contributed by atoms with Crippen LogP contribution in [0.4, 0.5) is 15.8 Å². The van der Waals surface area contributed by atoms with Crippen LogP contribution in [0.3, 0.4) is 0 Å². The van der Waals surface area contributed by atoms with E-state index in [2.05, 4.69) is 31.8 Å². The highest BCUT2D eigenvalue weighted by atomic mass is 32.1. The number of carbonyl (C=O) groups excluding carboxylic acids is 1. The predicted molar refractivity (Wildman–Crippen MR) is 140 cm³/mol. The highest BCUT2D eigenvalue weighted by Gasteiger charge is 2.27. The summed E-state index contributed by atoms with van der Waals surface area (Å²) in [6.45, 7) is 2.33. The van der Waals surface area contributed by atoms with E-state index < -0.39 is 17.7 Å². The number of hydrogen-bond donors (Lipinski definition) is 3. The van der Waals surface area contributed by atoms with Crippen molar-refractivity contribution in [3.8, 4) is 17.5 Å².